The molecule has 0 radical (unpaired) electrons. The van der Waals surface area contributed by atoms with E-state index in [0.717, 1.165) is 18.9 Å². The third kappa shape index (κ3) is 7.85. The highest BCUT2D eigenvalue weighted by Gasteiger charge is 2.31. The van der Waals surface area contributed by atoms with Gasteiger partial charge in [0.15, 0.2) is 0 Å². The topological polar surface area (TPSA) is 41.6 Å². The minimum absolute atomic E-state index is 0.245. The molecule has 1 saturated heterocycles. The minimum atomic E-state index is -0.424. The van der Waals surface area contributed by atoms with Gasteiger partial charge in [-0.3, -0.25) is 0 Å². The van der Waals surface area contributed by atoms with Gasteiger partial charge in [0.25, 0.3) is 0 Å². The van der Waals surface area contributed by atoms with E-state index in [1.165, 1.54) is 70.9 Å². The van der Waals surface area contributed by atoms with Gasteiger partial charge in [0, 0.05) is 19.1 Å². The van der Waals surface area contributed by atoms with Crippen LogP contribution in [-0.4, -0.2) is 42.3 Å². The summed E-state index contributed by atoms with van der Waals surface area (Å²) in [6, 6.07) is 0.277. The van der Waals surface area contributed by atoms with Gasteiger partial charge in [0.1, 0.15) is 5.60 Å². The Hall–Kier alpha value is -0.770. The Balaban J connectivity index is 1.82. The van der Waals surface area contributed by atoms with Gasteiger partial charge in [-0.15, -0.1) is 0 Å². The maximum atomic E-state index is 12.2. The average molecular weight is 367 g/mol. The van der Waals surface area contributed by atoms with Crippen molar-refractivity contribution in [2.24, 2.45) is 11.8 Å². The number of nitrogens with one attached hydrogen (secondary N) is 1. The van der Waals surface area contributed by atoms with Gasteiger partial charge in [-0.25, -0.2) is 4.79 Å². The van der Waals surface area contributed by atoms with Crippen molar-refractivity contribution in [2.45, 2.75) is 104 Å². The number of likely N-dealkylation sites (tertiary alicyclic amines) is 1. The molecule has 3 atom stereocenters. The Labute approximate surface area is 161 Å². The second kappa shape index (κ2) is 10.5. The van der Waals surface area contributed by atoms with E-state index in [9.17, 15) is 4.79 Å². The molecule has 1 amide bonds. The molecule has 2 unspecified atom stereocenters. The molecule has 152 valence electrons. The third-order valence-electron chi connectivity index (χ3n) is 5.92. The predicted molar refractivity (Wildman–Crippen MR) is 108 cm³/mol. The Morgan fingerprint density at radius 2 is 1.88 bits per heavy atom. The zero-order valence-corrected chi connectivity index (χ0v) is 17.7. The van der Waals surface area contributed by atoms with E-state index >= 15 is 0 Å². The number of carbonyl (C=O) groups is 1. The fraction of sp³-hybridized carbons (Fsp3) is 0.955. The molecule has 0 aromatic heterocycles. The average Bonchev–Trinajstić information content (AvgIpc) is 2.56. The summed E-state index contributed by atoms with van der Waals surface area (Å²) in [6.45, 7) is 11.7. The SMILES string of the molecule is CCCCC[C@H]1CCCN(CC2CCCCC2NC(=O)OC(C)(C)C)C1. The number of hydrogen-bond acceptors (Lipinski definition) is 3. The number of unbranched alkanes of at least 4 members (excludes halogenated alkanes) is 2. The molecule has 1 aliphatic carbocycles. The number of alkyl carbamates (subject to hydrolysis) is 1. The first-order valence-corrected chi connectivity index (χ1v) is 11.1. The number of rotatable bonds is 7. The highest BCUT2D eigenvalue weighted by molar-refractivity contribution is 5.68. The van der Waals surface area contributed by atoms with Crippen molar-refractivity contribution in [3.63, 3.8) is 0 Å². The van der Waals surface area contributed by atoms with Crippen LogP contribution in [0.3, 0.4) is 0 Å². The lowest BCUT2D eigenvalue weighted by molar-refractivity contribution is 0.0443. The van der Waals surface area contributed by atoms with Gasteiger partial charge in [-0.05, 0) is 71.3 Å². The minimum Gasteiger partial charge on any atom is -0.444 e. The maximum absolute atomic E-state index is 12.2. The zero-order chi connectivity index (χ0) is 19.0. The van der Waals surface area contributed by atoms with E-state index in [1.54, 1.807) is 0 Å². The second-order valence-corrected chi connectivity index (χ2v) is 9.56. The van der Waals surface area contributed by atoms with E-state index in [0.29, 0.717) is 5.92 Å². The lowest BCUT2D eigenvalue weighted by atomic mass is 9.83. The number of ether oxygens (including phenoxy) is 1. The molecule has 1 N–H and O–H groups in total. The van der Waals surface area contributed by atoms with Gasteiger partial charge in [-0.1, -0.05) is 39.0 Å². The number of hydrogen-bond donors (Lipinski definition) is 1. The summed E-state index contributed by atoms with van der Waals surface area (Å²) in [5.74, 6) is 1.46. The van der Waals surface area contributed by atoms with Gasteiger partial charge >= 0.3 is 6.09 Å². The number of piperidine rings is 1. The van der Waals surface area contributed by atoms with Crippen LogP contribution in [0.5, 0.6) is 0 Å². The Kier molecular flexibility index (Phi) is 8.72. The summed E-state index contributed by atoms with van der Waals surface area (Å²) >= 11 is 0. The van der Waals surface area contributed by atoms with E-state index in [1.807, 2.05) is 20.8 Å². The van der Waals surface area contributed by atoms with Gasteiger partial charge < -0.3 is 15.0 Å². The zero-order valence-electron chi connectivity index (χ0n) is 17.7. The van der Waals surface area contributed by atoms with Crippen LogP contribution in [0.4, 0.5) is 4.79 Å². The fourth-order valence-corrected chi connectivity index (χ4v) is 4.64. The highest BCUT2D eigenvalue weighted by Crippen LogP contribution is 2.28. The van der Waals surface area contributed by atoms with Crippen molar-refractivity contribution in [2.75, 3.05) is 19.6 Å². The van der Waals surface area contributed by atoms with E-state index in [2.05, 4.69) is 17.1 Å². The monoisotopic (exact) mass is 366 g/mol. The van der Waals surface area contributed by atoms with Crippen molar-refractivity contribution >= 4 is 6.09 Å². The fourth-order valence-electron chi connectivity index (χ4n) is 4.64. The van der Waals surface area contributed by atoms with Crippen LogP contribution < -0.4 is 5.32 Å². The molecule has 2 fully saturated rings. The molecule has 0 bridgehead atoms. The first-order valence-electron chi connectivity index (χ1n) is 11.1. The van der Waals surface area contributed by atoms with Gasteiger partial charge in [0.2, 0.25) is 0 Å². The summed E-state index contributed by atoms with van der Waals surface area (Å²) < 4.78 is 5.49. The van der Waals surface area contributed by atoms with Crippen LogP contribution in [-0.2, 0) is 4.74 Å². The Morgan fingerprint density at radius 1 is 1.12 bits per heavy atom. The molecule has 4 heteroatoms. The normalized spacial score (nSPS) is 27.9. The molecule has 26 heavy (non-hydrogen) atoms. The van der Waals surface area contributed by atoms with Crippen molar-refractivity contribution in [1.82, 2.24) is 10.2 Å². The van der Waals surface area contributed by atoms with Crippen LogP contribution in [0.25, 0.3) is 0 Å². The first kappa shape index (κ1) is 21.5. The molecule has 1 aliphatic heterocycles. The van der Waals surface area contributed by atoms with E-state index < -0.39 is 5.60 Å². The molecule has 1 saturated carbocycles. The second-order valence-electron chi connectivity index (χ2n) is 9.56. The summed E-state index contributed by atoms with van der Waals surface area (Å²) in [7, 11) is 0. The van der Waals surface area contributed by atoms with Crippen molar-refractivity contribution < 1.29 is 9.53 Å². The van der Waals surface area contributed by atoms with Crippen molar-refractivity contribution in [1.29, 1.82) is 0 Å². The number of amides is 1. The van der Waals surface area contributed by atoms with E-state index in [4.69, 9.17) is 4.74 Å². The highest BCUT2D eigenvalue weighted by atomic mass is 16.6. The summed E-state index contributed by atoms with van der Waals surface area (Å²) in [5, 5.41) is 3.18. The maximum Gasteiger partial charge on any atom is 0.407 e. The first-order chi connectivity index (χ1) is 12.4. The lowest BCUT2D eigenvalue weighted by Crippen LogP contribution is -2.49. The largest absolute Gasteiger partial charge is 0.444 e. The molecule has 2 rings (SSSR count). The van der Waals surface area contributed by atoms with Crippen LogP contribution in [0.1, 0.15) is 91.9 Å². The lowest BCUT2D eigenvalue weighted by Gasteiger charge is -2.39. The van der Waals surface area contributed by atoms with Gasteiger partial charge in [0.05, 0.1) is 0 Å². The summed E-state index contributed by atoms with van der Waals surface area (Å²) in [6.07, 6.45) is 12.8. The van der Waals surface area contributed by atoms with Crippen LogP contribution in [0, 0.1) is 11.8 Å². The predicted octanol–water partition coefficient (Wildman–Crippen LogP) is 5.36. The quantitative estimate of drug-likeness (QED) is 0.617. The molecule has 2 aliphatic rings. The van der Waals surface area contributed by atoms with Crippen molar-refractivity contribution in [3.8, 4) is 0 Å². The van der Waals surface area contributed by atoms with Gasteiger partial charge in [-0.2, -0.15) is 0 Å². The summed E-state index contributed by atoms with van der Waals surface area (Å²) in [5.41, 5.74) is -0.424. The molecule has 0 aromatic carbocycles. The van der Waals surface area contributed by atoms with Crippen LogP contribution >= 0.6 is 0 Å². The molecule has 0 spiro atoms. The molecule has 4 nitrogen and oxygen atoms in total. The molecule has 0 aromatic rings. The van der Waals surface area contributed by atoms with E-state index in [-0.39, 0.29) is 12.1 Å². The smallest absolute Gasteiger partial charge is 0.407 e. The number of nitrogens with zero attached hydrogens (tertiary/aromatic N) is 1. The number of carbonyl (C=O) groups excluding carboxylic acids is 1. The van der Waals surface area contributed by atoms with Crippen LogP contribution in [0.2, 0.25) is 0 Å². The van der Waals surface area contributed by atoms with Crippen LogP contribution in [0.15, 0.2) is 0 Å². The molecular formula is C22H42N2O2. The Bertz CT molecular complexity index is 419. The standard InChI is InChI=1S/C22H42N2O2/c1-5-6-7-11-18-12-10-15-24(16-18)17-19-13-8-9-14-20(19)23-21(25)26-22(2,3)4/h18-20H,5-17H2,1-4H3,(H,23,25)/t18-,19?,20?/m0/s1. The Morgan fingerprint density at radius 3 is 2.62 bits per heavy atom. The summed E-state index contributed by atoms with van der Waals surface area (Å²) in [4.78, 5) is 14.9. The molecular weight excluding hydrogens is 324 g/mol. The molecule has 1 heterocycles. The van der Waals surface area contributed by atoms with Crippen molar-refractivity contribution in [3.05, 3.63) is 0 Å². The third-order valence-corrected chi connectivity index (χ3v) is 5.92.